The van der Waals surface area contributed by atoms with Crippen LogP contribution in [0.1, 0.15) is 26.5 Å². The van der Waals surface area contributed by atoms with E-state index in [4.69, 9.17) is 9.47 Å². The molecule has 0 atom stereocenters. The van der Waals surface area contributed by atoms with Crippen LogP contribution in [0, 0.1) is 0 Å². The van der Waals surface area contributed by atoms with E-state index in [2.05, 4.69) is 9.97 Å². The van der Waals surface area contributed by atoms with Gasteiger partial charge in [0.1, 0.15) is 11.4 Å². The van der Waals surface area contributed by atoms with E-state index in [1.807, 2.05) is 0 Å². The van der Waals surface area contributed by atoms with Gasteiger partial charge in [-0.2, -0.15) is 13.2 Å². The number of hydrogen-bond donors (Lipinski definition) is 0. The van der Waals surface area contributed by atoms with Gasteiger partial charge in [-0.3, -0.25) is 9.88 Å². The van der Waals surface area contributed by atoms with Gasteiger partial charge in [0.2, 0.25) is 0 Å². The van der Waals surface area contributed by atoms with Gasteiger partial charge in [-0.25, -0.2) is 9.78 Å². The predicted octanol–water partition coefficient (Wildman–Crippen LogP) is 4.54. The molecule has 2 aromatic heterocycles. The summed E-state index contributed by atoms with van der Waals surface area (Å²) < 4.78 is 50.9. The van der Waals surface area contributed by atoms with E-state index in [-0.39, 0.29) is 5.69 Å². The molecule has 0 saturated heterocycles. The Kier molecular flexibility index (Phi) is 5.62. The zero-order valence-corrected chi connectivity index (χ0v) is 15.6. The number of hydrogen-bond acceptors (Lipinski definition) is 5. The van der Waals surface area contributed by atoms with Crippen LogP contribution < -0.4 is 9.64 Å². The van der Waals surface area contributed by atoms with Crippen molar-refractivity contribution in [2.24, 2.45) is 0 Å². The lowest BCUT2D eigenvalue weighted by Gasteiger charge is -2.26. The topological polar surface area (TPSA) is 64.5 Å². The summed E-state index contributed by atoms with van der Waals surface area (Å²) in [4.78, 5) is 20.6. The number of amides is 1. The highest BCUT2D eigenvalue weighted by molar-refractivity contribution is 5.88. The Balaban J connectivity index is 2.49. The molecule has 27 heavy (non-hydrogen) atoms. The monoisotopic (exact) mass is 383 g/mol. The molecule has 0 N–H and O–H groups in total. The molecule has 2 aromatic rings. The first kappa shape index (κ1) is 20.5. The van der Waals surface area contributed by atoms with Crippen LogP contribution in [0.2, 0.25) is 0 Å². The van der Waals surface area contributed by atoms with E-state index in [1.54, 1.807) is 20.8 Å². The average Bonchev–Trinajstić information content (AvgIpc) is 2.58. The van der Waals surface area contributed by atoms with Gasteiger partial charge in [-0.15, -0.1) is 0 Å². The summed E-state index contributed by atoms with van der Waals surface area (Å²) in [6.07, 6.45) is -2.87. The molecule has 0 fully saturated rings. The third kappa shape index (κ3) is 5.08. The fourth-order valence-electron chi connectivity index (χ4n) is 2.19. The third-order valence-corrected chi connectivity index (χ3v) is 3.42. The Hall–Kier alpha value is -2.84. The number of pyridine rings is 2. The Morgan fingerprint density at radius 1 is 1.15 bits per heavy atom. The predicted molar refractivity (Wildman–Crippen MR) is 93.7 cm³/mol. The van der Waals surface area contributed by atoms with E-state index in [9.17, 15) is 18.0 Å². The number of ether oxygens (including phenoxy) is 2. The normalized spacial score (nSPS) is 11.9. The number of anilines is 1. The quantitative estimate of drug-likeness (QED) is 0.778. The van der Waals surface area contributed by atoms with Crippen molar-refractivity contribution in [3.63, 3.8) is 0 Å². The fraction of sp³-hybridized carbons (Fsp3) is 0.389. The molecule has 0 aliphatic heterocycles. The van der Waals surface area contributed by atoms with Crippen LogP contribution in [0.3, 0.4) is 0 Å². The molecule has 1 amide bonds. The Morgan fingerprint density at radius 2 is 1.81 bits per heavy atom. The van der Waals surface area contributed by atoms with Crippen molar-refractivity contribution in [2.45, 2.75) is 32.5 Å². The summed E-state index contributed by atoms with van der Waals surface area (Å²) in [6, 6.07) is 4.07. The largest absolute Gasteiger partial charge is 0.495 e. The zero-order chi connectivity index (χ0) is 20.4. The summed E-state index contributed by atoms with van der Waals surface area (Å²) in [6.45, 7) is 4.88. The molecule has 146 valence electrons. The van der Waals surface area contributed by atoms with Crippen LogP contribution in [0.5, 0.6) is 5.75 Å². The van der Waals surface area contributed by atoms with Crippen molar-refractivity contribution in [1.29, 1.82) is 0 Å². The standard InChI is InChI=1S/C18H20F3N3O3/c1-17(2,3)27-16(25)24(4)14-7-6-13(23-15(14)18(19,20)21)11-8-12(26-5)10-22-9-11/h6-10H,1-5H3. The van der Waals surface area contributed by atoms with Gasteiger partial charge < -0.3 is 9.47 Å². The average molecular weight is 383 g/mol. The first-order valence-corrected chi connectivity index (χ1v) is 7.97. The molecule has 2 rings (SSSR count). The maximum absolute atomic E-state index is 13.6. The highest BCUT2D eigenvalue weighted by Gasteiger charge is 2.38. The van der Waals surface area contributed by atoms with Crippen LogP contribution in [0.15, 0.2) is 30.6 Å². The molecular formula is C18H20F3N3O3. The first-order valence-electron chi connectivity index (χ1n) is 7.97. The summed E-state index contributed by atoms with van der Waals surface area (Å²) in [5.41, 5.74) is -2.04. The Labute approximate surface area is 154 Å². The minimum absolute atomic E-state index is 0.0510. The lowest BCUT2D eigenvalue weighted by atomic mass is 10.1. The van der Waals surface area contributed by atoms with E-state index in [0.717, 1.165) is 4.90 Å². The smallest absolute Gasteiger partial charge is 0.435 e. The summed E-state index contributed by atoms with van der Waals surface area (Å²) in [5, 5.41) is 0. The molecule has 2 heterocycles. The van der Waals surface area contributed by atoms with Crippen LogP contribution in [0.4, 0.5) is 23.7 Å². The second kappa shape index (κ2) is 7.42. The van der Waals surface area contributed by atoms with Crippen LogP contribution >= 0.6 is 0 Å². The number of methoxy groups -OCH3 is 1. The molecule has 6 nitrogen and oxygen atoms in total. The molecular weight excluding hydrogens is 363 g/mol. The van der Waals surface area contributed by atoms with Crippen molar-refractivity contribution >= 4 is 11.8 Å². The fourth-order valence-corrected chi connectivity index (χ4v) is 2.19. The highest BCUT2D eigenvalue weighted by atomic mass is 19.4. The maximum atomic E-state index is 13.6. The zero-order valence-electron chi connectivity index (χ0n) is 15.6. The van der Waals surface area contributed by atoms with Gasteiger partial charge >= 0.3 is 12.3 Å². The van der Waals surface area contributed by atoms with Crippen molar-refractivity contribution in [1.82, 2.24) is 9.97 Å². The summed E-state index contributed by atoms with van der Waals surface area (Å²) in [7, 11) is 2.63. The molecule has 9 heteroatoms. The Morgan fingerprint density at radius 3 is 2.37 bits per heavy atom. The van der Waals surface area contributed by atoms with Gasteiger partial charge in [0.15, 0.2) is 5.69 Å². The summed E-state index contributed by atoms with van der Waals surface area (Å²) >= 11 is 0. The van der Waals surface area contributed by atoms with Gasteiger partial charge in [0, 0.05) is 18.8 Å². The van der Waals surface area contributed by atoms with Crippen LogP contribution in [0.25, 0.3) is 11.3 Å². The number of carbonyl (C=O) groups excluding carboxylic acids is 1. The van der Waals surface area contributed by atoms with Crippen LogP contribution in [-0.4, -0.2) is 35.8 Å². The molecule has 0 spiro atoms. The van der Waals surface area contributed by atoms with Gasteiger partial charge in [0.05, 0.1) is 24.7 Å². The summed E-state index contributed by atoms with van der Waals surface area (Å²) in [5.74, 6) is 0.387. The highest BCUT2D eigenvalue weighted by Crippen LogP contribution is 2.37. The molecule has 0 radical (unpaired) electrons. The van der Waals surface area contributed by atoms with Gasteiger partial charge in [-0.1, -0.05) is 0 Å². The number of aromatic nitrogens is 2. The van der Waals surface area contributed by atoms with E-state index in [0.29, 0.717) is 11.3 Å². The van der Waals surface area contributed by atoms with Crippen molar-refractivity contribution in [3.8, 4) is 17.0 Å². The number of rotatable bonds is 3. The van der Waals surface area contributed by atoms with Gasteiger partial charge in [-0.05, 0) is 39.0 Å². The van der Waals surface area contributed by atoms with Crippen molar-refractivity contribution in [3.05, 3.63) is 36.3 Å². The number of halogens is 3. The Bertz CT molecular complexity index is 833. The minimum Gasteiger partial charge on any atom is -0.495 e. The van der Waals surface area contributed by atoms with E-state index >= 15 is 0 Å². The number of nitrogens with zero attached hydrogens (tertiary/aromatic N) is 3. The molecule has 0 aliphatic carbocycles. The maximum Gasteiger partial charge on any atom is 0.435 e. The SMILES string of the molecule is COc1cncc(-c2ccc(N(C)C(=O)OC(C)(C)C)c(C(F)(F)F)n2)c1. The molecule has 0 unspecified atom stereocenters. The second-order valence-corrected chi connectivity index (χ2v) is 6.71. The third-order valence-electron chi connectivity index (χ3n) is 3.42. The van der Waals surface area contributed by atoms with Crippen LogP contribution in [-0.2, 0) is 10.9 Å². The van der Waals surface area contributed by atoms with Crippen molar-refractivity contribution < 1.29 is 27.4 Å². The van der Waals surface area contributed by atoms with Crippen molar-refractivity contribution in [2.75, 3.05) is 19.1 Å². The molecule has 0 aliphatic rings. The van der Waals surface area contributed by atoms with Gasteiger partial charge in [0.25, 0.3) is 0 Å². The minimum atomic E-state index is -4.77. The lowest BCUT2D eigenvalue weighted by molar-refractivity contribution is -0.140. The van der Waals surface area contributed by atoms with E-state index < -0.39 is 29.3 Å². The number of alkyl halides is 3. The molecule has 0 bridgehead atoms. The lowest BCUT2D eigenvalue weighted by Crippen LogP contribution is -2.35. The molecule has 0 aromatic carbocycles. The van der Waals surface area contributed by atoms with E-state index in [1.165, 1.54) is 44.8 Å². The molecule has 0 saturated carbocycles. The first-order chi connectivity index (χ1) is 12.4. The number of carbonyl (C=O) groups is 1. The second-order valence-electron chi connectivity index (χ2n) is 6.71.